The third-order valence-corrected chi connectivity index (χ3v) is 14.6. The largest absolute Gasteiger partial charge is 0.310 e. The molecule has 2 unspecified atom stereocenters. The molecule has 12 rings (SSSR count). The van der Waals surface area contributed by atoms with E-state index in [4.69, 9.17) is 0 Å². The van der Waals surface area contributed by atoms with Gasteiger partial charge in [0, 0.05) is 49.6 Å². The van der Waals surface area contributed by atoms with Crippen LogP contribution in [0.15, 0.2) is 205 Å². The second-order valence-corrected chi connectivity index (χ2v) is 18.0. The molecular formula is C57H42N2S. The summed E-state index contributed by atoms with van der Waals surface area (Å²) in [5, 5.41) is 1.66. The maximum Gasteiger partial charge on any atom is 0.0538 e. The summed E-state index contributed by atoms with van der Waals surface area (Å²) in [6, 6.07) is 71.7. The van der Waals surface area contributed by atoms with Gasteiger partial charge in [-0.2, -0.15) is 0 Å². The SMILES string of the molecule is CC1(C)c2ccccc2-c2ccc(N(c3ccc(-c4ccccc4)cc3)c3ccc(-c4ccc5c(c4)c4c(n5-c5ccccc5)C=CC5c6ccccc6SC45)cc3)cc21. The summed E-state index contributed by atoms with van der Waals surface area (Å²) in [5.74, 6) is 0.364. The molecule has 0 fully saturated rings. The number of anilines is 3. The van der Waals surface area contributed by atoms with Crippen molar-refractivity contribution in [2.45, 2.75) is 35.3 Å². The summed E-state index contributed by atoms with van der Waals surface area (Å²) in [6.45, 7) is 4.72. The standard InChI is InChI=1S/C57H42N2S/c1-57(2)50-19-11-9-17-45(50)46-31-30-44(36-51(46)57)58(42-26-21-38(22-27-42)37-13-5-3-6-14-37)43-28-23-39(24-29-43)40-25-33-52-49(35-40)55-53(59(52)41-15-7-4-8-16-41)34-32-48-47-18-10-12-20-54(47)60-56(48)55/h3-36,48,56H,1-2H3. The Balaban J connectivity index is 0.963. The highest BCUT2D eigenvalue weighted by molar-refractivity contribution is 8.00. The molecule has 60 heavy (non-hydrogen) atoms. The van der Waals surface area contributed by atoms with Crippen LogP contribution >= 0.6 is 11.8 Å². The van der Waals surface area contributed by atoms with E-state index in [9.17, 15) is 0 Å². The van der Waals surface area contributed by atoms with Gasteiger partial charge in [0.2, 0.25) is 0 Å². The summed E-state index contributed by atoms with van der Waals surface area (Å²) in [6.07, 6.45) is 4.81. The minimum absolute atomic E-state index is 0.0957. The molecule has 0 radical (unpaired) electrons. The number of nitrogens with zero attached hydrogens (tertiary/aromatic N) is 2. The highest BCUT2D eigenvalue weighted by atomic mass is 32.2. The Kier molecular flexibility index (Phi) is 7.98. The van der Waals surface area contributed by atoms with Crippen LogP contribution < -0.4 is 4.90 Å². The highest BCUT2D eigenvalue weighted by Gasteiger charge is 2.39. The first-order chi connectivity index (χ1) is 29.5. The maximum absolute atomic E-state index is 2.46. The summed E-state index contributed by atoms with van der Waals surface area (Å²) < 4.78 is 2.46. The summed E-state index contributed by atoms with van der Waals surface area (Å²) in [7, 11) is 0. The van der Waals surface area contributed by atoms with Gasteiger partial charge in [-0.25, -0.2) is 0 Å². The van der Waals surface area contributed by atoms with Crippen molar-refractivity contribution in [2.75, 3.05) is 4.90 Å². The molecule has 9 aromatic rings. The Morgan fingerprint density at radius 2 is 1.12 bits per heavy atom. The third-order valence-electron chi connectivity index (χ3n) is 13.2. The number of hydrogen-bond donors (Lipinski definition) is 0. The van der Waals surface area contributed by atoms with Crippen LogP contribution in [0.2, 0.25) is 0 Å². The van der Waals surface area contributed by atoms with Gasteiger partial charge in [0.25, 0.3) is 0 Å². The number of thioether (sulfide) groups is 1. The Hall–Kier alpha value is -6.81. The van der Waals surface area contributed by atoms with Gasteiger partial charge in [-0.1, -0.05) is 147 Å². The van der Waals surface area contributed by atoms with Crippen molar-refractivity contribution in [3.8, 4) is 39.1 Å². The molecule has 2 aliphatic carbocycles. The average Bonchev–Trinajstić information content (AvgIpc) is 3.92. The second-order valence-electron chi connectivity index (χ2n) is 16.9. The number of allylic oxidation sites excluding steroid dienone is 1. The lowest BCUT2D eigenvalue weighted by Gasteiger charge is -2.28. The monoisotopic (exact) mass is 786 g/mol. The topological polar surface area (TPSA) is 8.17 Å². The van der Waals surface area contributed by atoms with Gasteiger partial charge in [0.1, 0.15) is 0 Å². The number of aromatic nitrogens is 1. The first-order valence-corrected chi connectivity index (χ1v) is 21.9. The van der Waals surface area contributed by atoms with Crippen molar-refractivity contribution in [1.29, 1.82) is 0 Å². The van der Waals surface area contributed by atoms with Crippen LogP contribution in [-0.4, -0.2) is 4.57 Å². The molecule has 2 heterocycles. The third kappa shape index (κ3) is 5.42. The van der Waals surface area contributed by atoms with Gasteiger partial charge in [-0.15, -0.1) is 11.8 Å². The smallest absolute Gasteiger partial charge is 0.0538 e. The van der Waals surface area contributed by atoms with E-state index >= 15 is 0 Å². The van der Waals surface area contributed by atoms with Gasteiger partial charge < -0.3 is 9.47 Å². The zero-order chi connectivity index (χ0) is 40.0. The summed E-state index contributed by atoms with van der Waals surface area (Å²) in [4.78, 5) is 3.81. The normalized spacial score (nSPS) is 16.5. The van der Waals surface area contributed by atoms with E-state index in [2.05, 4.69) is 230 Å². The molecule has 3 aliphatic rings. The predicted molar refractivity (Wildman–Crippen MR) is 253 cm³/mol. The first kappa shape index (κ1) is 35.2. The minimum Gasteiger partial charge on any atom is -0.310 e. The molecule has 0 saturated carbocycles. The molecule has 0 spiro atoms. The van der Waals surface area contributed by atoms with Crippen LogP contribution in [0.3, 0.4) is 0 Å². The van der Waals surface area contributed by atoms with Gasteiger partial charge in [0.15, 0.2) is 0 Å². The molecule has 8 aromatic carbocycles. The van der Waals surface area contributed by atoms with Crippen LogP contribution in [0.4, 0.5) is 17.1 Å². The number of benzene rings is 8. The van der Waals surface area contributed by atoms with Crippen molar-refractivity contribution >= 4 is 45.8 Å². The van der Waals surface area contributed by atoms with E-state index in [1.54, 1.807) is 0 Å². The van der Waals surface area contributed by atoms with E-state index in [0.29, 0.717) is 11.2 Å². The molecule has 2 atom stereocenters. The van der Waals surface area contributed by atoms with Crippen LogP contribution in [0.25, 0.3) is 56.0 Å². The number of fused-ring (bicyclic) bond motifs is 10. The lowest BCUT2D eigenvalue weighted by atomic mass is 9.82. The quantitative estimate of drug-likeness (QED) is 0.166. The van der Waals surface area contributed by atoms with E-state index in [0.717, 1.165) is 17.1 Å². The fourth-order valence-corrected chi connectivity index (χ4v) is 11.7. The summed E-state index contributed by atoms with van der Waals surface area (Å²) >= 11 is 2.02. The van der Waals surface area contributed by atoms with Crippen LogP contribution in [-0.2, 0) is 5.41 Å². The molecule has 1 aromatic heterocycles. The van der Waals surface area contributed by atoms with Crippen molar-refractivity contribution in [3.63, 3.8) is 0 Å². The van der Waals surface area contributed by atoms with Gasteiger partial charge >= 0.3 is 0 Å². The fraction of sp³-hybridized carbons (Fsp3) is 0.0877. The Morgan fingerprint density at radius 3 is 1.88 bits per heavy atom. The van der Waals surface area contributed by atoms with E-state index < -0.39 is 0 Å². The van der Waals surface area contributed by atoms with Crippen LogP contribution in [0, 0.1) is 0 Å². The second kappa shape index (κ2) is 13.6. The predicted octanol–water partition coefficient (Wildman–Crippen LogP) is 15.7. The molecule has 2 nitrogen and oxygen atoms in total. The maximum atomic E-state index is 2.46. The molecule has 1 aliphatic heterocycles. The van der Waals surface area contributed by atoms with E-state index in [-0.39, 0.29) is 5.41 Å². The van der Waals surface area contributed by atoms with Gasteiger partial charge in [0.05, 0.1) is 11.2 Å². The lowest BCUT2D eigenvalue weighted by Crippen LogP contribution is -2.16. The van der Waals surface area contributed by atoms with E-state index in [1.165, 1.54) is 82.8 Å². The van der Waals surface area contributed by atoms with Crippen LogP contribution in [0.1, 0.15) is 53.0 Å². The number of rotatable bonds is 6. The number of hydrogen-bond acceptors (Lipinski definition) is 2. The highest BCUT2D eigenvalue weighted by Crippen LogP contribution is 2.60. The van der Waals surface area contributed by atoms with E-state index in [1.807, 2.05) is 11.8 Å². The Labute approximate surface area is 356 Å². The zero-order valence-corrected chi connectivity index (χ0v) is 34.4. The van der Waals surface area contributed by atoms with Crippen LogP contribution in [0.5, 0.6) is 0 Å². The van der Waals surface area contributed by atoms with Crippen molar-refractivity contribution in [1.82, 2.24) is 4.57 Å². The van der Waals surface area contributed by atoms with Gasteiger partial charge in [-0.05, 0) is 128 Å². The van der Waals surface area contributed by atoms with Crippen molar-refractivity contribution in [3.05, 3.63) is 228 Å². The van der Waals surface area contributed by atoms with Gasteiger partial charge in [-0.3, -0.25) is 0 Å². The summed E-state index contributed by atoms with van der Waals surface area (Å²) in [5.41, 5.74) is 20.2. The Morgan fingerprint density at radius 1 is 0.517 bits per heavy atom. The van der Waals surface area contributed by atoms with Crippen molar-refractivity contribution < 1.29 is 0 Å². The zero-order valence-electron chi connectivity index (χ0n) is 33.6. The molecule has 0 bridgehead atoms. The first-order valence-electron chi connectivity index (χ1n) is 21.0. The Bertz CT molecular complexity index is 3140. The molecule has 0 N–H and O–H groups in total. The number of para-hydroxylation sites is 1. The minimum atomic E-state index is -0.0957. The average molecular weight is 787 g/mol. The molecule has 3 heteroatoms. The molecule has 0 saturated heterocycles. The van der Waals surface area contributed by atoms with Crippen molar-refractivity contribution in [2.24, 2.45) is 0 Å². The molecular weight excluding hydrogens is 745 g/mol. The fourth-order valence-electron chi connectivity index (χ4n) is 10.2. The lowest BCUT2D eigenvalue weighted by molar-refractivity contribution is 0.660. The molecule has 286 valence electrons. The molecule has 0 amide bonds.